The van der Waals surface area contributed by atoms with Gasteiger partial charge in [-0.05, 0) is 58.8 Å². The van der Waals surface area contributed by atoms with E-state index in [1.807, 2.05) is 51.9 Å². The molecule has 12 heteroatoms. The van der Waals surface area contributed by atoms with Crippen molar-refractivity contribution in [1.82, 2.24) is 24.4 Å². The van der Waals surface area contributed by atoms with Crippen LogP contribution in [0, 0.1) is 11.3 Å². The molecule has 1 atom stereocenters. The van der Waals surface area contributed by atoms with E-state index in [0.717, 1.165) is 34.2 Å². The molecule has 1 saturated heterocycles. The van der Waals surface area contributed by atoms with Gasteiger partial charge < -0.3 is 28.7 Å². The van der Waals surface area contributed by atoms with Crippen LogP contribution in [0.2, 0.25) is 0 Å². The van der Waals surface area contributed by atoms with Gasteiger partial charge in [0, 0.05) is 29.0 Å². The second kappa shape index (κ2) is 11.3. The number of aryl methyl sites for hydroxylation is 1. The Morgan fingerprint density at radius 1 is 1.23 bits per heavy atom. The summed E-state index contributed by atoms with van der Waals surface area (Å²) in [4.78, 5) is 27.7. The van der Waals surface area contributed by atoms with Crippen molar-refractivity contribution in [2.24, 2.45) is 5.92 Å². The van der Waals surface area contributed by atoms with Crippen LogP contribution in [0.4, 0.5) is 4.79 Å². The van der Waals surface area contributed by atoms with Crippen LogP contribution in [0.3, 0.4) is 0 Å². The molecule has 0 bridgehead atoms. The van der Waals surface area contributed by atoms with Crippen LogP contribution in [0.1, 0.15) is 24.8 Å². The lowest BCUT2D eigenvalue weighted by Gasteiger charge is -2.32. The van der Waals surface area contributed by atoms with E-state index in [9.17, 15) is 4.79 Å². The van der Waals surface area contributed by atoms with Gasteiger partial charge in [-0.15, -0.1) is 0 Å². The van der Waals surface area contributed by atoms with E-state index in [4.69, 9.17) is 24.6 Å². The van der Waals surface area contributed by atoms with Crippen LogP contribution in [0.5, 0.6) is 11.5 Å². The van der Waals surface area contributed by atoms with E-state index in [1.165, 1.54) is 11.8 Å². The Morgan fingerprint density at radius 3 is 2.90 bits per heavy atom. The van der Waals surface area contributed by atoms with E-state index < -0.39 is 0 Å². The highest BCUT2D eigenvalue weighted by Crippen LogP contribution is 2.42. The first-order valence-corrected chi connectivity index (χ1v) is 14.4. The highest BCUT2D eigenvalue weighted by atomic mass is 79.9. The minimum atomic E-state index is -0.262. The van der Waals surface area contributed by atoms with Crippen LogP contribution < -0.4 is 15.0 Å². The van der Waals surface area contributed by atoms with Crippen LogP contribution >= 0.6 is 27.7 Å². The number of H-pyrrole nitrogens is 1. The maximum atomic E-state index is 12.7. The number of fused-ring (bicyclic) bond motifs is 2. The van der Waals surface area contributed by atoms with Gasteiger partial charge in [0.15, 0.2) is 27.8 Å². The fourth-order valence-electron chi connectivity index (χ4n) is 4.85. The fraction of sp³-hybridized carbons (Fsp3) is 0.333. The lowest BCUT2D eigenvalue weighted by Crippen LogP contribution is -2.40. The zero-order chi connectivity index (χ0) is 26.8. The summed E-state index contributed by atoms with van der Waals surface area (Å²) in [7, 11) is 0. The lowest BCUT2D eigenvalue weighted by atomic mass is 9.95. The Labute approximate surface area is 237 Å². The first kappa shape index (κ1) is 25.8. The van der Waals surface area contributed by atoms with Gasteiger partial charge >= 0.3 is 6.09 Å². The van der Waals surface area contributed by atoms with Gasteiger partial charge in [-0.25, -0.2) is 14.8 Å². The van der Waals surface area contributed by atoms with Crippen molar-refractivity contribution in [3.05, 3.63) is 64.3 Å². The van der Waals surface area contributed by atoms with Crippen molar-refractivity contribution >= 4 is 44.9 Å². The number of imidazole rings is 1. The molecule has 4 aromatic rings. The number of likely N-dealkylation sites (tertiary alicyclic amines) is 1. The van der Waals surface area contributed by atoms with E-state index in [-0.39, 0.29) is 25.0 Å². The summed E-state index contributed by atoms with van der Waals surface area (Å²) in [5, 5.41) is 8.95. The Bertz CT molecular complexity index is 1560. The molecule has 2 aromatic heterocycles. The number of hydrogen-bond acceptors (Lipinski definition) is 8. The number of aromatic amines is 1. The molecule has 1 fully saturated rings. The maximum Gasteiger partial charge on any atom is 0.410 e. The summed E-state index contributed by atoms with van der Waals surface area (Å²) in [5.41, 5.74) is 2.40. The molecule has 0 saturated carbocycles. The van der Waals surface area contributed by atoms with Crippen molar-refractivity contribution < 1.29 is 19.0 Å². The number of carbonyl (C=O) groups excluding carboxylic acids is 1. The molecular weight excluding hydrogens is 584 g/mol. The number of hydrogen-bond donors (Lipinski definition) is 2. The van der Waals surface area contributed by atoms with E-state index in [0.29, 0.717) is 53.4 Å². The van der Waals surface area contributed by atoms with Crippen molar-refractivity contribution in [2.75, 3.05) is 19.9 Å². The summed E-state index contributed by atoms with van der Waals surface area (Å²) in [5.74, 6) is 1.75. The predicted octanol–water partition coefficient (Wildman–Crippen LogP) is 5.32. The second-order valence-electron chi connectivity index (χ2n) is 9.55. The smallest absolute Gasteiger partial charge is 0.410 e. The summed E-state index contributed by atoms with van der Waals surface area (Å²) in [6.45, 7) is 2.56. The molecule has 1 amide bonds. The third kappa shape index (κ3) is 5.76. The number of aromatic nitrogens is 4. The predicted molar refractivity (Wildman–Crippen MR) is 148 cm³/mol. The van der Waals surface area contributed by atoms with Gasteiger partial charge in [0.25, 0.3) is 0 Å². The molecule has 202 valence electrons. The highest BCUT2D eigenvalue weighted by Gasteiger charge is 2.25. The van der Waals surface area contributed by atoms with Crippen molar-refractivity contribution in [3.8, 4) is 11.5 Å². The zero-order valence-electron chi connectivity index (χ0n) is 21.1. The van der Waals surface area contributed by atoms with Crippen molar-refractivity contribution in [3.63, 3.8) is 0 Å². The van der Waals surface area contributed by atoms with Crippen molar-refractivity contribution in [1.29, 1.82) is 5.41 Å². The molecule has 2 aliphatic heterocycles. The molecule has 2 aromatic carbocycles. The first-order chi connectivity index (χ1) is 19.0. The second-order valence-corrected chi connectivity index (χ2v) is 11.4. The monoisotopic (exact) mass is 610 g/mol. The molecule has 2 N–H and O–H groups in total. The number of amides is 1. The molecule has 0 spiro atoms. The largest absolute Gasteiger partial charge is 0.454 e. The third-order valence-corrected chi connectivity index (χ3v) is 8.76. The highest BCUT2D eigenvalue weighted by molar-refractivity contribution is 9.10. The molecule has 10 nitrogen and oxygen atoms in total. The van der Waals surface area contributed by atoms with Crippen LogP contribution in [-0.4, -0.2) is 50.4 Å². The Kier molecular flexibility index (Phi) is 7.47. The lowest BCUT2D eigenvalue weighted by molar-refractivity contribution is 0.0774. The summed E-state index contributed by atoms with van der Waals surface area (Å²) >= 11 is 5.04. The Morgan fingerprint density at radius 2 is 2.05 bits per heavy atom. The number of carbonyl (C=O) groups is 1. The topological polar surface area (TPSA) is 118 Å². The van der Waals surface area contributed by atoms with Gasteiger partial charge in [0.05, 0.1) is 6.33 Å². The number of piperidine rings is 1. The fourth-order valence-corrected chi connectivity index (χ4v) is 6.24. The van der Waals surface area contributed by atoms with Gasteiger partial charge in [-0.2, -0.15) is 0 Å². The molecule has 0 aliphatic carbocycles. The van der Waals surface area contributed by atoms with Gasteiger partial charge in [-0.1, -0.05) is 42.1 Å². The van der Waals surface area contributed by atoms with Crippen LogP contribution in [0.15, 0.2) is 63.3 Å². The quantitative estimate of drug-likeness (QED) is 0.291. The van der Waals surface area contributed by atoms with Crippen LogP contribution in [0.25, 0.3) is 11.2 Å². The standard InChI is InChI=1S/C27H27BrN6O4S/c28-19-11-20-21(38-16-37-20)12-22(19)39-26-31-23-24(29)30-15-34(25(23)32-26)10-8-17-7-4-9-33(13-17)27(35)36-14-18-5-2-1-3-6-18/h1-3,5-6,11-12,15,17,29H,4,7-10,13-14,16H2,(H,31,32). The number of benzene rings is 2. The number of nitrogens with zero attached hydrogens (tertiary/aromatic N) is 4. The Hall–Kier alpha value is -3.51. The van der Waals surface area contributed by atoms with Gasteiger partial charge in [0.1, 0.15) is 12.1 Å². The average molecular weight is 612 g/mol. The SMILES string of the molecule is N=c1ncn(CCC2CCCN(C(=O)OCc3ccccc3)C2)c2nc(Sc3cc4c(cc3Br)OCO4)[nH]c12. The molecule has 2 aliphatic rings. The number of ether oxygens (including phenoxy) is 3. The number of halogens is 1. The first-order valence-electron chi connectivity index (χ1n) is 12.8. The maximum absolute atomic E-state index is 12.7. The molecule has 1 unspecified atom stereocenters. The number of rotatable bonds is 7. The average Bonchev–Trinajstić information content (AvgIpc) is 3.59. The minimum absolute atomic E-state index is 0.148. The normalized spacial score (nSPS) is 16.5. The van der Waals surface area contributed by atoms with Gasteiger partial charge in [-0.3, -0.25) is 5.41 Å². The zero-order valence-corrected chi connectivity index (χ0v) is 23.5. The van der Waals surface area contributed by atoms with Gasteiger partial charge in [0.2, 0.25) is 6.79 Å². The summed E-state index contributed by atoms with van der Waals surface area (Å²) in [6.07, 6.45) is 4.27. The van der Waals surface area contributed by atoms with E-state index in [2.05, 4.69) is 25.9 Å². The number of nitrogens with one attached hydrogen (secondary N) is 2. The molecule has 6 rings (SSSR count). The summed E-state index contributed by atoms with van der Waals surface area (Å²) in [6, 6.07) is 13.5. The van der Waals surface area contributed by atoms with Crippen LogP contribution in [-0.2, 0) is 17.9 Å². The molecule has 39 heavy (non-hydrogen) atoms. The van der Waals surface area contributed by atoms with E-state index in [1.54, 1.807) is 6.33 Å². The third-order valence-electron chi connectivity index (χ3n) is 6.89. The summed E-state index contributed by atoms with van der Waals surface area (Å²) < 4.78 is 19.4. The Balaban J connectivity index is 1.11. The van der Waals surface area contributed by atoms with E-state index >= 15 is 0 Å². The molecular formula is C27H27BrN6O4S. The van der Waals surface area contributed by atoms with Crippen molar-refractivity contribution in [2.45, 2.75) is 42.5 Å². The molecule has 0 radical (unpaired) electrons. The minimum Gasteiger partial charge on any atom is -0.454 e. The molecule has 4 heterocycles.